The summed E-state index contributed by atoms with van der Waals surface area (Å²) >= 11 is 0. The fourth-order valence-electron chi connectivity index (χ4n) is 4.07. The molecule has 0 saturated carbocycles. The van der Waals surface area contributed by atoms with Gasteiger partial charge in [0, 0.05) is 43.1 Å². The fraction of sp³-hybridized carbons (Fsp3) is 0.208. The van der Waals surface area contributed by atoms with E-state index in [1.807, 2.05) is 24.3 Å². The summed E-state index contributed by atoms with van der Waals surface area (Å²) in [7, 11) is 2.15. The number of rotatable bonds is 5. The summed E-state index contributed by atoms with van der Waals surface area (Å²) in [5, 5.41) is 7.71. The van der Waals surface area contributed by atoms with Crippen LogP contribution in [0.25, 0.3) is 16.9 Å². The predicted octanol–water partition coefficient (Wildman–Crippen LogP) is 3.13. The van der Waals surface area contributed by atoms with E-state index in [2.05, 4.69) is 44.4 Å². The van der Waals surface area contributed by atoms with Gasteiger partial charge >= 0.3 is 0 Å². The van der Waals surface area contributed by atoms with Crippen LogP contribution in [0.2, 0.25) is 0 Å². The number of nitrogens with two attached hydrogens (primary N) is 1. The van der Waals surface area contributed by atoms with Crippen molar-refractivity contribution < 1.29 is 9.18 Å². The summed E-state index contributed by atoms with van der Waals surface area (Å²) in [6.45, 7) is 4.16. The Hall–Kier alpha value is -3.98. The number of piperazine rings is 1. The maximum Gasteiger partial charge on any atom is 0.251 e. The van der Waals surface area contributed by atoms with E-state index in [0.717, 1.165) is 37.6 Å². The highest BCUT2D eigenvalue weighted by molar-refractivity contribution is 5.93. The summed E-state index contributed by atoms with van der Waals surface area (Å²) in [5.74, 6) is -1.47. The summed E-state index contributed by atoms with van der Waals surface area (Å²) in [4.78, 5) is 20.4. The van der Waals surface area contributed by atoms with Crippen molar-refractivity contribution in [2.45, 2.75) is 0 Å². The maximum absolute atomic E-state index is 14.3. The normalized spacial score (nSPS) is 14.5. The minimum Gasteiger partial charge on any atom is -0.369 e. The number of carbonyl (C=O) groups excluding carboxylic acids is 1. The van der Waals surface area contributed by atoms with Gasteiger partial charge in [0.25, 0.3) is 5.91 Å². The quantitative estimate of drug-likeness (QED) is 0.490. The minimum atomic E-state index is -0.803. The van der Waals surface area contributed by atoms with Crippen LogP contribution < -0.4 is 16.0 Å². The molecule has 0 radical (unpaired) electrons. The number of hydrogen-bond acceptors (Lipinski definition) is 6. The molecule has 9 heteroatoms. The monoisotopic (exact) mass is 445 g/mol. The molecule has 5 rings (SSSR count). The Kier molecular flexibility index (Phi) is 5.39. The molecule has 0 unspecified atom stereocenters. The van der Waals surface area contributed by atoms with Crippen LogP contribution in [0.1, 0.15) is 10.4 Å². The summed E-state index contributed by atoms with van der Waals surface area (Å²) in [6.07, 6.45) is 1.45. The second-order valence-electron chi connectivity index (χ2n) is 8.15. The lowest BCUT2D eigenvalue weighted by atomic mass is 10.1. The topological polar surface area (TPSA) is 91.8 Å². The third-order valence-electron chi connectivity index (χ3n) is 5.97. The van der Waals surface area contributed by atoms with Crippen molar-refractivity contribution in [3.63, 3.8) is 0 Å². The molecule has 33 heavy (non-hydrogen) atoms. The first-order valence-corrected chi connectivity index (χ1v) is 10.7. The van der Waals surface area contributed by atoms with E-state index in [0.29, 0.717) is 16.9 Å². The number of nitrogens with one attached hydrogen (secondary N) is 1. The highest BCUT2D eigenvalue weighted by Crippen LogP contribution is 2.28. The number of amides is 1. The molecule has 4 aromatic rings. The van der Waals surface area contributed by atoms with Gasteiger partial charge in [-0.05, 0) is 55.6 Å². The van der Waals surface area contributed by atoms with Gasteiger partial charge in [-0.25, -0.2) is 13.9 Å². The van der Waals surface area contributed by atoms with Crippen LogP contribution in [0, 0.1) is 5.82 Å². The first-order chi connectivity index (χ1) is 16.0. The van der Waals surface area contributed by atoms with Crippen LogP contribution in [-0.4, -0.2) is 58.6 Å². The summed E-state index contributed by atoms with van der Waals surface area (Å²) in [6, 6.07) is 16.3. The van der Waals surface area contributed by atoms with E-state index in [-0.39, 0.29) is 5.56 Å². The lowest BCUT2D eigenvalue weighted by Crippen LogP contribution is -2.44. The Morgan fingerprint density at radius 3 is 2.48 bits per heavy atom. The molecule has 1 saturated heterocycles. The van der Waals surface area contributed by atoms with Crippen molar-refractivity contribution in [2.24, 2.45) is 5.73 Å². The van der Waals surface area contributed by atoms with E-state index in [4.69, 9.17) is 5.73 Å². The van der Waals surface area contributed by atoms with Gasteiger partial charge in [0.15, 0.2) is 5.65 Å². The first kappa shape index (κ1) is 20.9. The molecule has 0 spiro atoms. The van der Waals surface area contributed by atoms with Gasteiger partial charge in [0.05, 0.1) is 16.9 Å². The zero-order valence-corrected chi connectivity index (χ0v) is 18.2. The number of nitrogens with zero attached hydrogens (tertiary/aromatic N) is 5. The number of benzene rings is 2. The zero-order chi connectivity index (χ0) is 22.9. The van der Waals surface area contributed by atoms with Crippen molar-refractivity contribution in [3.05, 3.63) is 72.3 Å². The molecule has 1 aliphatic rings. The Balaban J connectivity index is 1.40. The van der Waals surface area contributed by atoms with E-state index in [1.54, 1.807) is 10.6 Å². The molecule has 0 bridgehead atoms. The van der Waals surface area contributed by atoms with Crippen LogP contribution in [-0.2, 0) is 0 Å². The van der Waals surface area contributed by atoms with Gasteiger partial charge in [-0.2, -0.15) is 5.10 Å². The van der Waals surface area contributed by atoms with E-state index >= 15 is 0 Å². The predicted molar refractivity (Wildman–Crippen MR) is 126 cm³/mol. The molecule has 0 aliphatic carbocycles. The molecule has 1 fully saturated rings. The lowest BCUT2D eigenvalue weighted by molar-refractivity contribution is 0.0996. The Labute approximate surface area is 190 Å². The number of carbonyl (C=O) groups is 1. The van der Waals surface area contributed by atoms with Crippen molar-refractivity contribution >= 4 is 28.6 Å². The lowest BCUT2D eigenvalue weighted by Gasteiger charge is -2.34. The van der Waals surface area contributed by atoms with Gasteiger partial charge in [-0.15, -0.1) is 0 Å². The molecule has 2 aromatic heterocycles. The van der Waals surface area contributed by atoms with Crippen LogP contribution >= 0.6 is 0 Å². The molecule has 1 aliphatic heterocycles. The van der Waals surface area contributed by atoms with Crippen molar-refractivity contribution in [1.82, 2.24) is 19.5 Å². The molecule has 3 heterocycles. The number of halogens is 1. The Morgan fingerprint density at radius 2 is 1.79 bits per heavy atom. The highest BCUT2D eigenvalue weighted by atomic mass is 19.1. The van der Waals surface area contributed by atoms with Crippen molar-refractivity contribution in [3.8, 4) is 11.3 Å². The first-order valence-electron chi connectivity index (χ1n) is 10.7. The van der Waals surface area contributed by atoms with E-state index in [1.165, 1.54) is 24.1 Å². The second-order valence-corrected chi connectivity index (χ2v) is 8.15. The highest BCUT2D eigenvalue weighted by Gasteiger charge is 2.16. The van der Waals surface area contributed by atoms with Crippen LogP contribution in [0.4, 0.5) is 21.5 Å². The number of primary amides is 1. The Morgan fingerprint density at radius 1 is 1.03 bits per heavy atom. The number of aromatic nitrogens is 3. The summed E-state index contributed by atoms with van der Waals surface area (Å²) < 4.78 is 15.9. The number of likely N-dealkylation sites (N-methyl/N-ethyl adjacent to an activating group) is 1. The van der Waals surface area contributed by atoms with E-state index < -0.39 is 11.7 Å². The number of fused-ring (bicyclic) bond motifs is 1. The molecular formula is C24H24FN7O. The molecule has 0 atom stereocenters. The number of hydrogen-bond donors (Lipinski definition) is 2. The molecule has 2 aromatic carbocycles. The molecule has 1 amide bonds. The molecular weight excluding hydrogens is 421 g/mol. The van der Waals surface area contributed by atoms with Crippen LogP contribution in [0.15, 0.2) is 60.9 Å². The van der Waals surface area contributed by atoms with Gasteiger partial charge < -0.3 is 20.9 Å². The fourth-order valence-corrected chi connectivity index (χ4v) is 4.07. The molecule has 168 valence electrons. The van der Waals surface area contributed by atoms with Crippen molar-refractivity contribution in [2.75, 3.05) is 43.4 Å². The SMILES string of the molecule is CN1CCN(c2ccc(Nc3ccc(-c4ccc(C(N)=O)c(F)c4)n4ncnc34)cc2)CC1. The third-order valence-corrected chi connectivity index (χ3v) is 5.97. The van der Waals surface area contributed by atoms with Gasteiger partial charge in [0.2, 0.25) is 0 Å². The minimum absolute atomic E-state index is 0.146. The van der Waals surface area contributed by atoms with E-state index in [9.17, 15) is 9.18 Å². The number of anilines is 3. The summed E-state index contributed by atoms with van der Waals surface area (Å²) in [5.41, 5.74) is 9.80. The average Bonchev–Trinajstić information content (AvgIpc) is 3.31. The van der Waals surface area contributed by atoms with Gasteiger partial charge in [0.1, 0.15) is 12.1 Å². The zero-order valence-electron chi connectivity index (χ0n) is 18.2. The smallest absolute Gasteiger partial charge is 0.251 e. The maximum atomic E-state index is 14.3. The Bertz CT molecular complexity index is 1310. The number of pyridine rings is 1. The molecule has 3 N–H and O–H groups in total. The molecule has 8 nitrogen and oxygen atoms in total. The second kappa shape index (κ2) is 8.51. The standard InChI is InChI=1S/C24H24FN7O/c1-30-10-12-31(13-11-30)18-5-3-17(4-6-18)29-21-8-9-22(32-24(21)27-15-28-32)16-2-7-19(23(26)33)20(25)14-16/h2-9,14-15,29H,10-13H2,1H3,(H2,26,33). The third kappa shape index (κ3) is 4.10. The van der Waals surface area contributed by atoms with Gasteiger partial charge in [-0.3, -0.25) is 4.79 Å². The van der Waals surface area contributed by atoms with Crippen molar-refractivity contribution in [1.29, 1.82) is 0 Å². The van der Waals surface area contributed by atoms with Crippen LogP contribution in [0.3, 0.4) is 0 Å². The van der Waals surface area contributed by atoms with Gasteiger partial charge in [-0.1, -0.05) is 6.07 Å². The average molecular weight is 446 g/mol. The van der Waals surface area contributed by atoms with Crippen LogP contribution in [0.5, 0.6) is 0 Å². The largest absolute Gasteiger partial charge is 0.369 e.